The highest BCUT2D eigenvalue weighted by Crippen LogP contribution is 2.38. The predicted molar refractivity (Wildman–Crippen MR) is 143 cm³/mol. The Kier molecular flexibility index (Phi) is 9.17. The van der Waals surface area contributed by atoms with Gasteiger partial charge in [0.1, 0.15) is 0 Å². The molecular formula is C26H21Br2ClN2O3. The first-order valence-corrected chi connectivity index (χ1v) is 12.3. The lowest BCUT2D eigenvalue weighted by atomic mass is 10.0. The number of hydrogen-bond donors (Lipinski definition) is 1. The Bertz CT molecular complexity index is 1270. The molecule has 0 radical (unpaired) electrons. The minimum atomic E-state index is -0.333. The summed E-state index contributed by atoms with van der Waals surface area (Å²) in [6.07, 6.45) is 1.77. The topological polar surface area (TPSA) is 71.3 Å². The molecular weight excluding hydrogens is 584 g/mol. The number of nitrogens with zero attached hydrogens (tertiary/aromatic N) is 1. The second kappa shape index (κ2) is 12.1. The van der Waals surface area contributed by atoms with Crippen LogP contribution in [-0.4, -0.2) is 19.1 Å². The summed E-state index contributed by atoms with van der Waals surface area (Å²) in [4.78, 5) is 12.4. The van der Waals surface area contributed by atoms with Gasteiger partial charge < -0.3 is 14.8 Å². The Hall–Kier alpha value is -2.79. The molecule has 8 heteroatoms. The van der Waals surface area contributed by atoms with Gasteiger partial charge in [0.15, 0.2) is 18.1 Å². The normalized spacial score (nSPS) is 11.0. The number of hydrogen-bond acceptors (Lipinski definition) is 4. The molecule has 3 aromatic carbocycles. The van der Waals surface area contributed by atoms with Crippen molar-refractivity contribution in [3.05, 3.63) is 85.3 Å². The van der Waals surface area contributed by atoms with E-state index in [1.165, 1.54) is 0 Å². The van der Waals surface area contributed by atoms with Gasteiger partial charge >= 0.3 is 0 Å². The number of nitrogens with one attached hydrogen (secondary N) is 1. The third kappa shape index (κ3) is 6.86. The molecule has 3 aromatic rings. The molecule has 0 aliphatic rings. The molecule has 0 atom stereocenters. The van der Waals surface area contributed by atoms with Crippen LogP contribution in [0.2, 0.25) is 5.02 Å². The van der Waals surface area contributed by atoms with Crippen LogP contribution in [0.5, 0.6) is 11.5 Å². The Morgan fingerprint density at radius 1 is 1.12 bits per heavy atom. The standard InChI is InChI=1S/C26H21Br2ClN2O3/c1-3-33-24-12-17(10-19(14-30)18-5-7-20(27)8-6-18)11-22(28)26(24)34-15-25(32)31-21-9-4-16(2)23(29)13-21/h4-13H,3,15H2,1-2H3,(H,31,32)/b19-10+. The van der Waals surface area contributed by atoms with Gasteiger partial charge in [-0.3, -0.25) is 4.79 Å². The third-order valence-corrected chi connectivity index (χ3v) is 6.25. The molecule has 0 aromatic heterocycles. The van der Waals surface area contributed by atoms with Crippen LogP contribution in [0.3, 0.4) is 0 Å². The summed E-state index contributed by atoms with van der Waals surface area (Å²) in [6, 6.07) is 18.6. The summed E-state index contributed by atoms with van der Waals surface area (Å²) in [5.74, 6) is 0.529. The van der Waals surface area contributed by atoms with Crippen LogP contribution in [0.25, 0.3) is 11.6 Å². The molecule has 0 unspecified atom stereocenters. The van der Waals surface area contributed by atoms with Crippen molar-refractivity contribution < 1.29 is 14.3 Å². The molecule has 0 heterocycles. The van der Waals surface area contributed by atoms with Gasteiger partial charge in [-0.1, -0.05) is 45.7 Å². The molecule has 0 saturated heterocycles. The first kappa shape index (κ1) is 25.8. The maximum Gasteiger partial charge on any atom is 0.262 e. The number of amides is 1. The average Bonchev–Trinajstić information content (AvgIpc) is 2.80. The fourth-order valence-electron chi connectivity index (χ4n) is 3.06. The second-order valence-corrected chi connectivity index (χ2v) is 9.42. The molecule has 0 aliphatic carbocycles. The average molecular weight is 605 g/mol. The number of halogens is 3. The number of nitriles is 1. The lowest BCUT2D eigenvalue weighted by Gasteiger charge is -2.15. The van der Waals surface area contributed by atoms with Gasteiger partial charge in [0.2, 0.25) is 0 Å². The number of aryl methyl sites for hydroxylation is 1. The van der Waals surface area contributed by atoms with Crippen molar-refractivity contribution in [3.63, 3.8) is 0 Å². The summed E-state index contributed by atoms with van der Waals surface area (Å²) in [7, 11) is 0. The number of ether oxygens (including phenoxy) is 2. The first-order valence-electron chi connectivity index (χ1n) is 10.3. The van der Waals surface area contributed by atoms with Crippen LogP contribution >= 0.6 is 43.5 Å². The molecule has 0 fully saturated rings. The van der Waals surface area contributed by atoms with Gasteiger partial charge in [-0.05, 0) is 88.9 Å². The summed E-state index contributed by atoms with van der Waals surface area (Å²) < 4.78 is 13.1. The summed E-state index contributed by atoms with van der Waals surface area (Å²) >= 11 is 13.0. The number of benzene rings is 3. The highest BCUT2D eigenvalue weighted by Gasteiger charge is 2.15. The van der Waals surface area contributed by atoms with E-state index in [1.54, 1.807) is 24.3 Å². The number of allylic oxidation sites excluding steroid dienone is 1. The smallest absolute Gasteiger partial charge is 0.262 e. The molecule has 1 N–H and O–H groups in total. The highest BCUT2D eigenvalue weighted by atomic mass is 79.9. The van der Waals surface area contributed by atoms with Crippen molar-refractivity contribution >= 4 is 66.7 Å². The Balaban J connectivity index is 1.80. The Labute approximate surface area is 220 Å². The third-order valence-electron chi connectivity index (χ3n) is 4.72. The maximum atomic E-state index is 12.4. The molecule has 0 aliphatic heterocycles. The number of anilines is 1. The molecule has 174 valence electrons. The van der Waals surface area contributed by atoms with Crippen molar-refractivity contribution in [1.29, 1.82) is 5.26 Å². The van der Waals surface area contributed by atoms with E-state index in [-0.39, 0.29) is 12.5 Å². The van der Waals surface area contributed by atoms with Crippen LogP contribution in [-0.2, 0) is 4.79 Å². The van der Waals surface area contributed by atoms with E-state index in [2.05, 4.69) is 43.2 Å². The van der Waals surface area contributed by atoms with Crippen LogP contribution in [0.15, 0.2) is 63.5 Å². The van der Waals surface area contributed by atoms with Crippen molar-refractivity contribution in [3.8, 4) is 17.6 Å². The zero-order chi connectivity index (χ0) is 24.7. The Morgan fingerprint density at radius 3 is 2.50 bits per heavy atom. The van der Waals surface area contributed by atoms with Crippen LogP contribution in [0, 0.1) is 18.3 Å². The van der Waals surface area contributed by atoms with Crippen LogP contribution in [0.1, 0.15) is 23.6 Å². The van der Waals surface area contributed by atoms with Gasteiger partial charge in [0.05, 0.1) is 22.7 Å². The monoisotopic (exact) mass is 602 g/mol. The fraction of sp³-hybridized carbons (Fsp3) is 0.154. The van der Waals surface area contributed by atoms with E-state index >= 15 is 0 Å². The van der Waals surface area contributed by atoms with Crippen LogP contribution in [0.4, 0.5) is 5.69 Å². The Morgan fingerprint density at radius 2 is 1.85 bits per heavy atom. The number of rotatable bonds is 8. The molecule has 3 rings (SSSR count). The summed E-state index contributed by atoms with van der Waals surface area (Å²) in [5.41, 5.74) is 3.57. The highest BCUT2D eigenvalue weighted by molar-refractivity contribution is 9.10. The predicted octanol–water partition coefficient (Wildman–Crippen LogP) is 7.65. The number of carbonyl (C=O) groups is 1. The minimum absolute atomic E-state index is 0.221. The lowest BCUT2D eigenvalue weighted by Crippen LogP contribution is -2.20. The lowest BCUT2D eigenvalue weighted by molar-refractivity contribution is -0.118. The molecule has 1 amide bonds. The van der Waals surface area contributed by atoms with Crippen molar-refractivity contribution in [1.82, 2.24) is 0 Å². The summed E-state index contributed by atoms with van der Waals surface area (Å²) in [6.45, 7) is 3.93. The largest absolute Gasteiger partial charge is 0.490 e. The van der Waals surface area contributed by atoms with E-state index in [4.69, 9.17) is 21.1 Å². The van der Waals surface area contributed by atoms with Crippen molar-refractivity contribution in [2.24, 2.45) is 0 Å². The summed E-state index contributed by atoms with van der Waals surface area (Å²) in [5, 5.41) is 13.0. The SMILES string of the molecule is CCOc1cc(/C=C(\C#N)c2ccc(Br)cc2)cc(Br)c1OCC(=O)Nc1ccc(C)c(Cl)c1. The van der Waals surface area contributed by atoms with E-state index in [0.717, 1.165) is 21.2 Å². The fourth-order valence-corrected chi connectivity index (χ4v) is 4.08. The quantitative estimate of drug-likeness (QED) is 0.212. The molecule has 0 saturated carbocycles. The van der Waals surface area contributed by atoms with Crippen molar-refractivity contribution in [2.45, 2.75) is 13.8 Å². The van der Waals surface area contributed by atoms with E-state index in [0.29, 0.717) is 38.9 Å². The van der Waals surface area contributed by atoms with Crippen molar-refractivity contribution in [2.75, 3.05) is 18.5 Å². The second-order valence-electron chi connectivity index (χ2n) is 7.24. The molecule has 0 bridgehead atoms. The molecule has 34 heavy (non-hydrogen) atoms. The number of carbonyl (C=O) groups excluding carboxylic acids is 1. The molecule has 5 nitrogen and oxygen atoms in total. The van der Waals surface area contributed by atoms with Gasteiger partial charge in [-0.2, -0.15) is 5.26 Å². The minimum Gasteiger partial charge on any atom is -0.490 e. The van der Waals surface area contributed by atoms with Gasteiger partial charge in [-0.25, -0.2) is 0 Å². The van der Waals surface area contributed by atoms with Gasteiger partial charge in [0, 0.05) is 15.2 Å². The zero-order valence-corrected chi connectivity index (χ0v) is 22.4. The van der Waals surface area contributed by atoms with Gasteiger partial charge in [0.25, 0.3) is 5.91 Å². The van der Waals surface area contributed by atoms with E-state index in [9.17, 15) is 10.1 Å². The van der Waals surface area contributed by atoms with Crippen LogP contribution < -0.4 is 14.8 Å². The van der Waals surface area contributed by atoms with E-state index in [1.807, 2.05) is 50.2 Å². The molecule has 0 spiro atoms. The maximum absolute atomic E-state index is 12.4. The van der Waals surface area contributed by atoms with E-state index < -0.39 is 0 Å². The zero-order valence-electron chi connectivity index (χ0n) is 18.5. The first-order chi connectivity index (χ1) is 16.3. The van der Waals surface area contributed by atoms with Gasteiger partial charge in [-0.15, -0.1) is 0 Å².